The summed E-state index contributed by atoms with van der Waals surface area (Å²) in [6.07, 6.45) is 0.951. The van der Waals surface area contributed by atoms with Crippen LogP contribution >= 0.6 is 12.2 Å². The van der Waals surface area contributed by atoms with Gasteiger partial charge >= 0.3 is 0 Å². The third-order valence-electron chi connectivity index (χ3n) is 4.60. The predicted octanol–water partition coefficient (Wildman–Crippen LogP) is 4.34. The van der Waals surface area contributed by atoms with E-state index in [2.05, 4.69) is 34.4 Å². The number of carbonyl (C=O) groups excluding carboxylic acids is 1. The van der Waals surface area contributed by atoms with E-state index >= 15 is 0 Å². The summed E-state index contributed by atoms with van der Waals surface area (Å²) in [5.41, 5.74) is 0.936. The number of anilines is 2. The number of nitrogens with one attached hydrogen (secondary N) is 3. The molecular weight excluding hydrogens is 476 g/mol. The van der Waals surface area contributed by atoms with Gasteiger partial charge in [0.1, 0.15) is 11.5 Å². The highest BCUT2D eigenvalue weighted by Gasteiger charge is 2.16. The van der Waals surface area contributed by atoms with Gasteiger partial charge in [-0.1, -0.05) is 19.0 Å². The summed E-state index contributed by atoms with van der Waals surface area (Å²) in [4.78, 5) is 12.5. The molecule has 34 heavy (non-hydrogen) atoms. The van der Waals surface area contributed by atoms with Crippen molar-refractivity contribution in [3.8, 4) is 5.75 Å². The molecule has 0 atom stereocenters. The molecule has 3 N–H and O–H groups in total. The van der Waals surface area contributed by atoms with Gasteiger partial charge in [-0.2, -0.15) is 0 Å². The lowest BCUT2D eigenvalue weighted by atomic mass is 10.1. The van der Waals surface area contributed by atoms with Gasteiger partial charge in [-0.15, -0.1) is 0 Å². The Bertz CT molecular complexity index is 1240. The van der Waals surface area contributed by atoms with Crippen LogP contribution in [0.4, 0.5) is 11.5 Å². The molecule has 1 amide bonds. The van der Waals surface area contributed by atoms with Gasteiger partial charge in [0.2, 0.25) is 0 Å². The molecule has 9 nitrogen and oxygen atoms in total. The number of thiocarbonyl (C=S) groups is 1. The highest BCUT2D eigenvalue weighted by atomic mass is 32.2. The minimum absolute atomic E-state index is 0.0318. The number of aromatic nitrogens is 1. The zero-order valence-corrected chi connectivity index (χ0v) is 20.6. The molecule has 11 heteroatoms. The zero-order valence-electron chi connectivity index (χ0n) is 19.0. The largest absolute Gasteiger partial charge is 0.494 e. The lowest BCUT2D eigenvalue weighted by Gasteiger charge is -2.11. The van der Waals surface area contributed by atoms with Crippen molar-refractivity contribution in [1.29, 1.82) is 0 Å². The Morgan fingerprint density at radius 3 is 2.38 bits per heavy atom. The van der Waals surface area contributed by atoms with Crippen LogP contribution in [0.25, 0.3) is 0 Å². The van der Waals surface area contributed by atoms with Crippen molar-refractivity contribution >= 4 is 44.8 Å². The van der Waals surface area contributed by atoms with Crippen LogP contribution < -0.4 is 20.1 Å². The molecule has 0 spiro atoms. The van der Waals surface area contributed by atoms with Crippen molar-refractivity contribution in [2.75, 3.05) is 16.6 Å². The normalized spacial score (nSPS) is 11.2. The van der Waals surface area contributed by atoms with Crippen LogP contribution in [0.3, 0.4) is 0 Å². The molecule has 1 heterocycles. The molecule has 0 saturated heterocycles. The number of hydrogen-bond acceptors (Lipinski definition) is 7. The van der Waals surface area contributed by atoms with Crippen molar-refractivity contribution in [3.05, 3.63) is 65.9 Å². The number of ether oxygens (including phenoxy) is 1. The van der Waals surface area contributed by atoms with E-state index in [-0.39, 0.29) is 21.7 Å². The molecule has 3 rings (SSSR count). The van der Waals surface area contributed by atoms with Crippen molar-refractivity contribution in [3.63, 3.8) is 0 Å². The average molecular weight is 503 g/mol. The van der Waals surface area contributed by atoms with Crippen molar-refractivity contribution in [2.45, 2.75) is 32.1 Å². The molecule has 1 aromatic heterocycles. The van der Waals surface area contributed by atoms with Crippen LogP contribution in [0.2, 0.25) is 0 Å². The van der Waals surface area contributed by atoms with Gasteiger partial charge in [0, 0.05) is 17.3 Å². The second-order valence-electron chi connectivity index (χ2n) is 7.92. The molecule has 0 radical (unpaired) electrons. The standard InChI is InChI=1S/C23H26N4O5S2/c1-15(2)12-13-31-19-8-4-17(5-9-19)22(28)25-23(33)24-18-6-10-20(11-7-18)34(29,30)27-21-14-16(3)32-26-21/h4-11,14-15H,12-13H2,1-3H3,(H,26,27)(H2,24,25,28,33). The van der Waals surface area contributed by atoms with Gasteiger partial charge < -0.3 is 14.6 Å². The van der Waals surface area contributed by atoms with Crippen molar-refractivity contribution < 1.29 is 22.5 Å². The number of hydrogen-bond donors (Lipinski definition) is 3. The van der Waals surface area contributed by atoms with E-state index in [0.717, 1.165) is 6.42 Å². The first-order valence-corrected chi connectivity index (χ1v) is 12.4. The summed E-state index contributed by atoms with van der Waals surface area (Å²) < 4.78 is 37.8. The smallest absolute Gasteiger partial charge is 0.263 e. The molecule has 0 aliphatic carbocycles. The lowest BCUT2D eigenvalue weighted by Crippen LogP contribution is -2.34. The first kappa shape index (κ1) is 25.2. The Morgan fingerprint density at radius 2 is 1.79 bits per heavy atom. The van der Waals surface area contributed by atoms with Gasteiger partial charge in [-0.05, 0) is 80.0 Å². The van der Waals surface area contributed by atoms with Gasteiger partial charge in [0.05, 0.1) is 11.5 Å². The van der Waals surface area contributed by atoms with Crippen LogP contribution in [0.1, 0.15) is 36.4 Å². The molecule has 0 aliphatic rings. The molecule has 0 fully saturated rings. The second-order valence-corrected chi connectivity index (χ2v) is 10.0. The molecule has 0 aliphatic heterocycles. The average Bonchev–Trinajstić information content (AvgIpc) is 3.18. The number of benzene rings is 2. The summed E-state index contributed by atoms with van der Waals surface area (Å²) in [5.74, 6) is 1.45. The highest BCUT2D eigenvalue weighted by molar-refractivity contribution is 7.92. The van der Waals surface area contributed by atoms with Crippen LogP contribution in [-0.2, 0) is 10.0 Å². The maximum absolute atomic E-state index is 12.5. The number of sulfonamides is 1. The summed E-state index contributed by atoms with van der Waals surface area (Å²) in [7, 11) is -3.83. The van der Waals surface area contributed by atoms with E-state index in [0.29, 0.717) is 35.3 Å². The van der Waals surface area contributed by atoms with Crippen molar-refractivity contribution in [1.82, 2.24) is 10.5 Å². The predicted molar refractivity (Wildman–Crippen MR) is 134 cm³/mol. The maximum atomic E-state index is 12.5. The van der Waals surface area contributed by atoms with Gasteiger partial charge in [0.25, 0.3) is 15.9 Å². The Hall–Kier alpha value is -3.44. The Labute approximate surface area is 203 Å². The molecule has 0 saturated carbocycles. The first-order valence-electron chi connectivity index (χ1n) is 10.5. The topological polar surface area (TPSA) is 123 Å². The molecule has 3 aromatic rings. The fraction of sp³-hybridized carbons (Fsp3) is 0.261. The minimum Gasteiger partial charge on any atom is -0.494 e. The monoisotopic (exact) mass is 502 g/mol. The van der Waals surface area contributed by atoms with Gasteiger partial charge in [-0.25, -0.2) is 8.42 Å². The maximum Gasteiger partial charge on any atom is 0.263 e. The number of carbonyl (C=O) groups is 1. The van der Waals surface area contributed by atoms with Crippen LogP contribution in [0, 0.1) is 12.8 Å². The summed E-state index contributed by atoms with van der Waals surface area (Å²) in [6, 6.07) is 14.1. The summed E-state index contributed by atoms with van der Waals surface area (Å²) in [6.45, 7) is 6.53. The fourth-order valence-electron chi connectivity index (χ4n) is 2.78. The Balaban J connectivity index is 1.53. The van der Waals surface area contributed by atoms with E-state index in [4.69, 9.17) is 21.5 Å². The molecule has 0 unspecified atom stereocenters. The van der Waals surface area contributed by atoms with Crippen molar-refractivity contribution in [2.24, 2.45) is 5.92 Å². The van der Waals surface area contributed by atoms with E-state index < -0.39 is 10.0 Å². The Morgan fingerprint density at radius 1 is 1.12 bits per heavy atom. The van der Waals surface area contributed by atoms with E-state index in [1.165, 1.54) is 30.3 Å². The first-order chi connectivity index (χ1) is 16.1. The summed E-state index contributed by atoms with van der Waals surface area (Å²) >= 11 is 5.20. The third kappa shape index (κ3) is 7.29. The molecule has 2 aromatic carbocycles. The lowest BCUT2D eigenvalue weighted by molar-refractivity contribution is 0.0977. The number of amides is 1. The van der Waals surface area contributed by atoms with Gasteiger partial charge in [-0.3, -0.25) is 14.8 Å². The van der Waals surface area contributed by atoms with Crippen LogP contribution in [0.5, 0.6) is 5.75 Å². The SMILES string of the molecule is Cc1cc(NS(=O)(=O)c2ccc(NC(=S)NC(=O)c3ccc(OCCC(C)C)cc3)cc2)no1. The fourth-order valence-corrected chi connectivity index (χ4v) is 3.98. The van der Waals surface area contributed by atoms with Crippen LogP contribution in [-0.4, -0.2) is 31.2 Å². The molecular formula is C23H26N4O5S2. The third-order valence-corrected chi connectivity index (χ3v) is 6.17. The number of nitrogens with zero attached hydrogens (tertiary/aromatic N) is 1. The summed E-state index contributed by atoms with van der Waals surface area (Å²) in [5, 5.41) is 9.15. The van der Waals surface area contributed by atoms with Gasteiger partial charge in [0.15, 0.2) is 10.9 Å². The Kier molecular flexibility index (Phi) is 8.24. The molecule has 0 bridgehead atoms. The second kappa shape index (κ2) is 11.1. The number of rotatable bonds is 9. The zero-order chi connectivity index (χ0) is 24.7. The van der Waals surface area contributed by atoms with E-state index in [9.17, 15) is 13.2 Å². The van der Waals surface area contributed by atoms with E-state index in [1.807, 2.05) is 0 Å². The molecule has 180 valence electrons. The van der Waals surface area contributed by atoms with E-state index in [1.54, 1.807) is 31.2 Å². The number of aryl methyl sites for hydroxylation is 1. The van der Waals surface area contributed by atoms with Crippen LogP contribution in [0.15, 0.2) is 64.0 Å². The minimum atomic E-state index is -3.83. The quantitative estimate of drug-likeness (QED) is 0.370. The highest BCUT2D eigenvalue weighted by Crippen LogP contribution is 2.18.